The van der Waals surface area contributed by atoms with Crippen molar-refractivity contribution in [3.05, 3.63) is 12.3 Å². The minimum atomic E-state index is -1.81. The Hall–Kier alpha value is -1.24. The van der Waals surface area contributed by atoms with Gasteiger partial charge in [0.15, 0.2) is 11.6 Å². The van der Waals surface area contributed by atoms with E-state index in [1.807, 2.05) is 13.8 Å². The average Bonchev–Trinajstić information content (AvgIpc) is 2.55. The Morgan fingerprint density at radius 1 is 1.26 bits per heavy atom. The van der Waals surface area contributed by atoms with Crippen molar-refractivity contribution in [1.82, 2.24) is 0 Å². The van der Waals surface area contributed by atoms with Gasteiger partial charge in [0.1, 0.15) is 5.60 Å². The fraction of sp³-hybridized carbons (Fsp3) is 0.810. The lowest BCUT2D eigenvalue weighted by molar-refractivity contribution is -0.205. The Kier molecular flexibility index (Phi) is 5.96. The molecule has 2 rings (SSSR count). The van der Waals surface area contributed by atoms with Gasteiger partial charge in [0.2, 0.25) is 0 Å². The predicted molar refractivity (Wildman–Crippen MR) is 101 cm³/mol. The van der Waals surface area contributed by atoms with Crippen LogP contribution in [0.2, 0.25) is 0 Å². The number of ketones is 2. The lowest BCUT2D eigenvalue weighted by Gasteiger charge is -2.61. The first-order valence-corrected chi connectivity index (χ1v) is 9.83. The molecule has 0 aromatic rings. The van der Waals surface area contributed by atoms with E-state index in [9.17, 15) is 30.0 Å². The molecule has 0 spiro atoms. The van der Waals surface area contributed by atoms with Crippen LogP contribution in [0.3, 0.4) is 0 Å². The topological polar surface area (TPSA) is 115 Å². The Morgan fingerprint density at radius 2 is 1.85 bits per heavy atom. The summed E-state index contributed by atoms with van der Waals surface area (Å²) in [6.07, 6.45) is 2.90. The van der Waals surface area contributed by atoms with E-state index in [4.69, 9.17) is 0 Å². The highest BCUT2D eigenvalue weighted by molar-refractivity contribution is 6.00. The molecule has 0 aromatic carbocycles. The van der Waals surface area contributed by atoms with E-state index in [2.05, 4.69) is 0 Å². The van der Waals surface area contributed by atoms with Crippen LogP contribution in [-0.2, 0) is 9.59 Å². The van der Waals surface area contributed by atoms with Gasteiger partial charge in [-0.1, -0.05) is 27.2 Å². The molecule has 6 heteroatoms. The number of aliphatic hydroxyl groups is 4. The lowest BCUT2D eigenvalue weighted by atomic mass is 9.42. The third kappa shape index (κ3) is 3.36. The van der Waals surface area contributed by atoms with Gasteiger partial charge in [0, 0.05) is 29.9 Å². The standard InChI is InChI=1S/C21H34O6/c1-6-13(11-23)17-20(4,15(24)7-8-22)16-12(2)9-19(3,26)10-14(16)18(25)21(17,5)27/h7-8,12-14,16-17,22-23,26-27H,6,9-11H2,1-5H3. The van der Waals surface area contributed by atoms with E-state index in [0.29, 0.717) is 19.1 Å². The molecular weight excluding hydrogens is 348 g/mol. The number of fused-ring (bicyclic) bond motifs is 1. The van der Waals surface area contributed by atoms with Gasteiger partial charge in [-0.3, -0.25) is 9.59 Å². The molecule has 0 amide bonds. The van der Waals surface area contributed by atoms with Gasteiger partial charge >= 0.3 is 0 Å². The zero-order valence-electron chi connectivity index (χ0n) is 17.0. The molecule has 2 saturated carbocycles. The second-order valence-electron chi connectivity index (χ2n) is 9.32. The van der Waals surface area contributed by atoms with Crippen LogP contribution in [0.15, 0.2) is 12.3 Å². The van der Waals surface area contributed by atoms with Crippen molar-refractivity contribution in [2.75, 3.05) is 6.61 Å². The van der Waals surface area contributed by atoms with E-state index >= 15 is 0 Å². The molecule has 2 fully saturated rings. The summed E-state index contributed by atoms with van der Waals surface area (Å²) in [6, 6.07) is 0. The van der Waals surface area contributed by atoms with Gasteiger partial charge < -0.3 is 20.4 Å². The van der Waals surface area contributed by atoms with Crippen LogP contribution < -0.4 is 0 Å². The highest BCUT2D eigenvalue weighted by atomic mass is 16.3. The maximum atomic E-state index is 13.3. The van der Waals surface area contributed by atoms with Gasteiger partial charge in [-0.15, -0.1) is 0 Å². The summed E-state index contributed by atoms with van der Waals surface area (Å²) in [7, 11) is 0. The monoisotopic (exact) mass is 382 g/mol. The maximum Gasteiger partial charge on any atom is 0.167 e. The summed E-state index contributed by atoms with van der Waals surface area (Å²) < 4.78 is 0. The summed E-state index contributed by atoms with van der Waals surface area (Å²) in [5, 5.41) is 41.1. The number of allylic oxidation sites excluding steroid dienone is 1. The van der Waals surface area contributed by atoms with Crippen LogP contribution in [0.4, 0.5) is 0 Å². The summed E-state index contributed by atoms with van der Waals surface area (Å²) >= 11 is 0. The predicted octanol–water partition coefficient (Wildman–Crippen LogP) is 2.02. The molecule has 154 valence electrons. The number of hydrogen-bond acceptors (Lipinski definition) is 6. The van der Waals surface area contributed by atoms with Crippen molar-refractivity contribution in [3.8, 4) is 0 Å². The zero-order valence-corrected chi connectivity index (χ0v) is 17.0. The molecule has 4 N–H and O–H groups in total. The molecule has 8 atom stereocenters. The van der Waals surface area contributed by atoms with Gasteiger partial charge in [-0.25, -0.2) is 0 Å². The van der Waals surface area contributed by atoms with E-state index in [0.717, 1.165) is 6.08 Å². The molecule has 0 saturated heterocycles. The first-order valence-electron chi connectivity index (χ1n) is 9.83. The van der Waals surface area contributed by atoms with Crippen LogP contribution in [0.5, 0.6) is 0 Å². The molecule has 27 heavy (non-hydrogen) atoms. The van der Waals surface area contributed by atoms with Crippen LogP contribution >= 0.6 is 0 Å². The van der Waals surface area contributed by atoms with E-state index in [1.54, 1.807) is 13.8 Å². The van der Waals surface area contributed by atoms with Crippen molar-refractivity contribution in [1.29, 1.82) is 0 Å². The molecule has 6 nitrogen and oxygen atoms in total. The highest BCUT2D eigenvalue weighted by Crippen LogP contribution is 2.61. The minimum Gasteiger partial charge on any atom is -0.515 e. The van der Waals surface area contributed by atoms with Gasteiger partial charge in [0.05, 0.1) is 11.9 Å². The quantitative estimate of drug-likeness (QED) is 0.427. The lowest BCUT2D eigenvalue weighted by Crippen LogP contribution is -2.69. The summed E-state index contributed by atoms with van der Waals surface area (Å²) in [6.45, 7) is 8.38. The van der Waals surface area contributed by atoms with Crippen molar-refractivity contribution < 1.29 is 30.0 Å². The number of carbonyl (C=O) groups is 2. The molecule has 0 bridgehead atoms. The normalized spacial score (nSPS) is 46.3. The van der Waals surface area contributed by atoms with Gasteiger partial charge in [-0.05, 0) is 44.4 Å². The fourth-order valence-corrected chi connectivity index (χ4v) is 6.47. The molecule has 0 aliphatic heterocycles. The molecule has 0 aromatic heterocycles. The SMILES string of the molecule is CCC(CO)C1C(C)(O)C(=O)C2CC(C)(O)CC(C)C2C1(C)C(=O)C=CO. The zero-order chi connectivity index (χ0) is 20.8. The highest BCUT2D eigenvalue weighted by Gasteiger charge is 2.67. The number of hydrogen-bond donors (Lipinski definition) is 4. The first-order chi connectivity index (χ1) is 12.4. The van der Waals surface area contributed by atoms with E-state index in [1.165, 1.54) is 6.92 Å². The van der Waals surface area contributed by atoms with Crippen molar-refractivity contribution in [3.63, 3.8) is 0 Å². The third-order valence-corrected chi connectivity index (χ3v) is 7.23. The molecule has 8 unspecified atom stereocenters. The Morgan fingerprint density at radius 3 is 2.33 bits per heavy atom. The smallest absolute Gasteiger partial charge is 0.167 e. The van der Waals surface area contributed by atoms with E-state index in [-0.39, 0.29) is 36.4 Å². The third-order valence-electron chi connectivity index (χ3n) is 7.23. The van der Waals surface area contributed by atoms with Crippen molar-refractivity contribution in [2.45, 2.75) is 65.1 Å². The average molecular weight is 382 g/mol. The second-order valence-corrected chi connectivity index (χ2v) is 9.32. The number of rotatable bonds is 5. The number of carbonyl (C=O) groups excluding carboxylic acids is 2. The van der Waals surface area contributed by atoms with Crippen LogP contribution in [0.1, 0.15) is 53.9 Å². The first kappa shape index (κ1) is 22.1. The molecule has 2 aliphatic rings. The Bertz CT molecular complexity index is 618. The minimum absolute atomic E-state index is 0.140. The maximum absolute atomic E-state index is 13.3. The van der Waals surface area contributed by atoms with Crippen LogP contribution in [0.25, 0.3) is 0 Å². The van der Waals surface area contributed by atoms with Crippen LogP contribution in [-0.4, -0.2) is 49.8 Å². The molecule has 0 radical (unpaired) electrons. The van der Waals surface area contributed by atoms with E-state index < -0.39 is 34.4 Å². The Balaban J connectivity index is 2.74. The summed E-state index contributed by atoms with van der Waals surface area (Å²) in [5.74, 6) is -3.15. The van der Waals surface area contributed by atoms with Gasteiger partial charge in [0.25, 0.3) is 0 Å². The number of Topliss-reactive ketones (excluding diaryl/α,β-unsaturated/α-hetero) is 1. The second kappa shape index (κ2) is 7.30. The van der Waals surface area contributed by atoms with Crippen LogP contribution in [0, 0.1) is 35.0 Å². The molecular formula is C21H34O6. The number of aliphatic hydroxyl groups excluding tert-OH is 2. The fourth-order valence-electron chi connectivity index (χ4n) is 6.47. The largest absolute Gasteiger partial charge is 0.515 e. The Labute approximate surface area is 161 Å². The molecule has 2 aliphatic carbocycles. The molecule has 0 heterocycles. The summed E-state index contributed by atoms with van der Waals surface area (Å²) in [5.41, 5.74) is -4.01. The van der Waals surface area contributed by atoms with Gasteiger partial charge in [-0.2, -0.15) is 0 Å². The van der Waals surface area contributed by atoms with Crippen molar-refractivity contribution in [2.24, 2.45) is 35.0 Å². The van der Waals surface area contributed by atoms with Crippen molar-refractivity contribution >= 4 is 11.6 Å². The summed E-state index contributed by atoms with van der Waals surface area (Å²) in [4.78, 5) is 26.5.